The quantitative estimate of drug-likeness (QED) is 0.676. The number of amides is 1. The first kappa shape index (κ1) is 17.8. The third kappa shape index (κ3) is 3.96. The average Bonchev–Trinajstić information content (AvgIpc) is 3.19. The Hall–Kier alpha value is -3.02. The van der Waals surface area contributed by atoms with Crippen LogP contribution in [0.4, 0.5) is 0 Å². The maximum atomic E-state index is 13.1. The van der Waals surface area contributed by atoms with Crippen molar-refractivity contribution in [1.29, 1.82) is 0 Å². The molecule has 6 heteroatoms. The molecule has 3 aromatic heterocycles. The lowest BCUT2D eigenvalue weighted by Crippen LogP contribution is -2.41. The SMILES string of the molecule is CC(C)C(C)N(Cc1ccco1)C(=O)c1cnc(-c2ccncc2)nc1. The molecule has 0 N–H and O–H groups in total. The van der Waals surface area contributed by atoms with E-state index in [0.29, 0.717) is 23.9 Å². The van der Waals surface area contributed by atoms with Crippen molar-refractivity contribution in [2.24, 2.45) is 5.92 Å². The number of pyridine rings is 1. The van der Waals surface area contributed by atoms with Gasteiger partial charge in [0.25, 0.3) is 5.91 Å². The Morgan fingerprint density at radius 3 is 2.38 bits per heavy atom. The van der Waals surface area contributed by atoms with Crippen LogP contribution in [0.5, 0.6) is 0 Å². The topological polar surface area (TPSA) is 72.1 Å². The van der Waals surface area contributed by atoms with Gasteiger partial charge in [0.05, 0.1) is 18.4 Å². The average molecular weight is 350 g/mol. The molecule has 134 valence electrons. The molecule has 1 atom stereocenters. The maximum absolute atomic E-state index is 13.1. The lowest BCUT2D eigenvalue weighted by atomic mass is 10.0. The highest BCUT2D eigenvalue weighted by Gasteiger charge is 2.25. The molecule has 0 aliphatic heterocycles. The minimum atomic E-state index is -0.108. The Morgan fingerprint density at radius 2 is 1.81 bits per heavy atom. The third-order valence-electron chi connectivity index (χ3n) is 4.46. The van der Waals surface area contributed by atoms with Gasteiger partial charge >= 0.3 is 0 Å². The Morgan fingerprint density at radius 1 is 1.12 bits per heavy atom. The molecule has 0 aliphatic rings. The molecule has 0 radical (unpaired) electrons. The summed E-state index contributed by atoms with van der Waals surface area (Å²) in [4.78, 5) is 27.5. The van der Waals surface area contributed by atoms with E-state index in [1.54, 1.807) is 36.0 Å². The summed E-state index contributed by atoms with van der Waals surface area (Å²) in [6.45, 7) is 6.64. The van der Waals surface area contributed by atoms with Crippen LogP contribution >= 0.6 is 0 Å². The number of hydrogen-bond acceptors (Lipinski definition) is 5. The second-order valence-electron chi connectivity index (χ2n) is 6.53. The zero-order valence-electron chi connectivity index (χ0n) is 15.2. The second-order valence-corrected chi connectivity index (χ2v) is 6.53. The minimum absolute atomic E-state index is 0.0486. The molecule has 0 spiro atoms. The molecule has 3 heterocycles. The van der Waals surface area contributed by atoms with E-state index in [1.165, 1.54) is 0 Å². The number of hydrogen-bond donors (Lipinski definition) is 0. The number of nitrogens with zero attached hydrogens (tertiary/aromatic N) is 4. The van der Waals surface area contributed by atoms with Gasteiger partial charge in [0.15, 0.2) is 5.82 Å². The van der Waals surface area contributed by atoms with E-state index < -0.39 is 0 Å². The monoisotopic (exact) mass is 350 g/mol. The van der Waals surface area contributed by atoms with Gasteiger partial charge in [-0.15, -0.1) is 0 Å². The van der Waals surface area contributed by atoms with Crippen LogP contribution < -0.4 is 0 Å². The van der Waals surface area contributed by atoms with Crippen LogP contribution in [0.15, 0.2) is 59.7 Å². The van der Waals surface area contributed by atoms with Gasteiger partial charge in [-0.1, -0.05) is 13.8 Å². The summed E-state index contributed by atoms with van der Waals surface area (Å²) in [5.41, 5.74) is 1.32. The van der Waals surface area contributed by atoms with Crippen LogP contribution in [0.1, 0.15) is 36.9 Å². The molecule has 0 saturated carbocycles. The van der Waals surface area contributed by atoms with Crippen LogP contribution in [-0.2, 0) is 6.54 Å². The fourth-order valence-corrected chi connectivity index (χ4v) is 2.59. The fourth-order valence-electron chi connectivity index (χ4n) is 2.59. The zero-order chi connectivity index (χ0) is 18.5. The molecular formula is C20H22N4O2. The highest BCUT2D eigenvalue weighted by Crippen LogP contribution is 2.19. The molecule has 1 unspecified atom stereocenters. The normalized spacial score (nSPS) is 12.2. The van der Waals surface area contributed by atoms with E-state index in [2.05, 4.69) is 28.8 Å². The predicted molar refractivity (Wildman–Crippen MR) is 98.1 cm³/mol. The highest BCUT2D eigenvalue weighted by atomic mass is 16.3. The lowest BCUT2D eigenvalue weighted by molar-refractivity contribution is 0.0610. The van der Waals surface area contributed by atoms with E-state index in [4.69, 9.17) is 4.42 Å². The molecule has 0 aliphatic carbocycles. The molecule has 0 fully saturated rings. The maximum Gasteiger partial charge on any atom is 0.257 e. The summed E-state index contributed by atoms with van der Waals surface area (Å²) in [5, 5.41) is 0. The van der Waals surface area contributed by atoms with Gasteiger partial charge in [-0.25, -0.2) is 9.97 Å². The van der Waals surface area contributed by atoms with Crippen molar-refractivity contribution in [3.05, 3.63) is 66.6 Å². The van der Waals surface area contributed by atoms with Crippen molar-refractivity contribution < 1.29 is 9.21 Å². The molecule has 0 saturated heterocycles. The largest absolute Gasteiger partial charge is 0.467 e. The number of aromatic nitrogens is 3. The molecule has 1 amide bonds. The van der Waals surface area contributed by atoms with Crippen LogP contribution in [0.3, 0.4) is 0 Å². The van der Waals surface area contributed by atoms with Crippen molar-refractivity contribution in [3.8, 4) is 11.4 Å². The summed E-state index contributed by atoms with van der Waals surface area (Å²) in [6, 6.07) is 7.41. The van der Waals surface area contributed by atoms with Crippen molar-refractivity contribution in [2.75, 3.05) is 0 Å². The van der Waals surface area contributed by atoms with Gasteiger partial charge < -0.3 is 9.32 Å². The number of rotatable bonds is 6. The third-order valence-corrected chi connectivity index (χ3v) is 4.46. The van der Waals surface area contributed by atoms with E-state index in [-0.39, 0.29) is 11.9 Å². The summed E-state index contributed by atoms with van der Waals surface area (Å²) < 4.78 is 5.43. The Labute approximate surface area is 152 Å². The molecule has 0 bridgehead atoms. The van der Waals surface area contributed by atoms with Gasteiger partial charge in [0, 0.05) is 36.4 Å². The Bertz CT molecular complexity index is 830. The molecular weight excluding hydrogens is 328 g/mol. The number of carbonyl (C=O) groups excluding carboxylic acids is 1. The van der Waals surface area contributed by atoms with Crippen molar-refractivity contribution >= 4 is 5.91 Å². The molecule has 6 nitrogen and oxygen atoms in total. The van der Waals surface area contributed by atoms with E-state index in [9.17, 15) is 4.79 Å². The predicted octanol–water partition coefficient (Wildman–Crippen LogP) is 3.82. The Balaban J connectivity index is 1.84. The summed E-state index contributed by atoms with van der Waals surface area (Å²) in [7, 11) is 0. The molecule has 26 heavy (non-hydrogen) atoms. The van der Waals surface area contributed by atoms with Crippen LogP contribution in [-0.4, -0.2) is 31.8 Å². The van der Waals surface area contributed by atoms with Crippen molar-refractivity contribution in [1.82, 2.24) is 19.9 Å². The second kappa shape index (κ2) is 7.91. The van der Waals surface area contributed by atoms with E-state index in [1.807, 2.05) is 31.2 Å². The summed E-state index contributed by atoms with van der Waals surface area (Å²) >= 11 is 0. The van der Waals surface area contributed by atoms with Crippen LogP contribution in [0, 0.1) is 5.92 Å². The summed E-state index contributed by atoms with van der Waals surface area (Å²) in [6.07, 6.45) is 8.14. The Kier molecular flexibility index (Phi) is 5.41. The summed E-state index contributed by atoms with van der Waals surface area (Å²) in [5.74, 6) is 1.52. The van der Waals surface area contributed by atoms with E-state index in [0.717, 1.165) is 11.3 Å². The molecule has 3 aromatic rings. The first-order valence-corrected chi connectivity index (χ1v) is 8.62. The number of furan rings is 1. The first-order valence-electron chi connectivity index (χ1n) is 8.62. The molecule has 0 aromatic carbocycles. The van der Waals surface area contributed by atoms with Gasteiger partial charge in [0.2, 0.25) is 0 Å². The highest BCUT2D eigenvalue weighted by molar-refractivity contribution is 5.94. The number of carbonyl (C=O) groups is 1. The van der Waals surface area contributed by atoms with Crippen LogP contribution in [0.2, 0.25) is 0 Å². The van der Waals surface area contributed by atoms with Gasteiger partial charge in [0.1, 0.15) is 5.76 Å². The lowest BCUT2D eigenvalue weighted by Gasteiger charge is -2.31. The van der Waals surface area contributed by atoms with Crippen molar-refractivity contribution in [2.45, 2.75) is 33.4 Å². The zero-order valence-corrected chi connectivity index (χ0v) is 15.2. The van der Waals surface area contributed by atoms with Gasteiger partial charge in [-0.3, -0.25) is 9.78 Å². The fraction of sp³-hybridized carbons (Fsp3) is 0.300. The van der Waals surface area contributed by atoms with Crippen LogP contribution in [0.25, 0.3) is 11.4 Å². The van der Waals surface area contributed by atoms with E-state index >= 15 is 0 Å². The minimum Gasteiger partial charge on any atom is -0.467 e. The molecule has 3 rings (SSSR count). The standard InChI is InChI=1S/C20H22N4O2/c1-14(2)15(3)24(13-18-5-4-10-26-18)20(25)17-11-22-19(23-12-17)16-6-8-21-9-7-16/h4-12,14-15H,13H2,1-3H3. The van der Waals surface area contributed by atoms with Gasteiger partial charge in [-0.05, 0) is 37.1 Å². The van der Waals surface area contributed by atoms with Gasteiger partial charge in [-0.2, -0.15) is 0 Å². The smallest absolute Gasteiger partial charge is 0.257 e. The first-order chi connectivity index (χ1) is 12.6. The van der Waals surface area contributed by atoms with Crippen molar-refractivity contribution in [3.63, 3.8) is 0 Å².